The van der Waals surface area contributed by atoms with Crippen LogP contribution in [-0.4, -0.2) is 33.4 Å². The van der Waals surface area contributed by atoms with Crippen molar-refractivity contribution in [3.05, 3.63) is 41.7 Å². The van der Waals surface area contributed by atoms with E-state index < -0.39 is 0 Å². The minimum absolute atomic E-state index is 0.0297. The van der Waals surface area contributed by atoms with Gasteiger partial charge in [0.05, 0.1) is 11.9 Å². The van der Waals surface area contributed by atoms with Crippen LogP contribution in [0.15, 0.2) is 30.5 Å². The number of nitrogens with one attached hydrogen (secondary N) is 1. The van der Waals surface area contributed by atoms with E-state index in [9.17, 15) is 9.90 Å². The summed E-state index contributed by atoms with van der Waals surface area (Å²) in [5.41, 5.74) is 7.76. The van der Waals surface area contributed by atoms with Gasteiger partial charge in [-0.2, -0.15) is 5.10 Å². The Labute approximate surface area is 141 Å². The summed E-state index contributed by atoms with van der Waals surface area (Å²) in [5.74, 6) is 0.383. The third-order valence-corrected chi connectivity index (χ3v) is 4.50. The molecule has 128 valence electrons. The Morgan fingerprint density at radius 3 is 2.58 bits per heavy atom. The van der Waals surface area contributed by atoms with Gasteiger partial charge in [0.2, 0.25) is 0 Å². The number of aromatic hydroxyl groups is 1. The average molecular weight is 328 g/mol. The van der Waals surface area contributed by atoms with Crippen LogP contribution in [0.25, 0.3) is 5.69 Å². The number of rotatable bonds is 6. The molecule has 1 aromatic carbocycles. The van der Waals surface area contributed by atoms with E-state index in [1.165, 1.54) is 16.4 Å². The predicted octanol–water partition coefficient (Wildman–Crippen LogP) is 2.17. The van der Waals surface area contributed by atoms with Gasteiger partial charge in [0.1, 0.15) is 0 Å². The van der Waals surface area contributed by atoms with Crippen molar-refractivity contribution in [2.75, 3.05) is 6.54 Å². The number of hydrogen-bond donors (Lipinski definition) is 3. The average Bonchev–Trinajstić information content (AvgIpc) is 3.34. The first-order valence-electron chi connectivity index (χ1n) is 8.39. The van der Waals surface area contributed by atoms with Gasteiger partial charge in [0, 0.05) is 12.6 Å². The van der Waals surface area contributed by atoms with Gasteiger partial charge in [-0.05, 0) is 42.4 Å². The minimum Gasteiger partial charge on any atom is -0.504 e. The lowest BCUT2D eigenvalue weighted by atomic mass is 10.0. The lowest BCUT2D eigenvalue weighted by molar-refractivity contribution is 0.0925. The molecule has 0 radical (unpaired) electrons. The van der Waals surface area contributed by atoms with Gasteiger partial charge in [-0.1, -0.05) is 26.0 Å². The van der Waals surface area contributed by atoms with E-state index in [0.717, 1.165) is 18.5 Å². The number of hydrogen-bond acceptors (Lipinski definition) is 4. The SMILES string of the molecule is CC(C)c1ccc(-n2cc(O)c(C(=O)NC(CN)C3CC3)n2)cc1. The molecule has 6 nitrogen and oxygen atoms in total. The number of carbonyl (C=O) groups excluding carboxylic acids is 1. The monoisotopic (exact) mass is 328 g/mol. The van der Waals surface area contributed by atoms with Crippen LogP contribution >= 0.6 is 0 Å². The van der Waals surface area contributed by atoms with Crippen LogP contribution < -0.4 is 11.1 Å². The highest BCUT2D eigenvalue weighted by Gasteiger charge is 2.32. The molecule has 1 aromatic heterocycles. The molecule has 0 bridgehead atoms. The molecule has 2 aromatic rings. The standard InChI is InChI=1S/C18H24N4O2/c1-11(2)12-5-7-14(8-6-12)22-10-16(23)17(21-22)18(24)20-15(9-19)13-3-4-13/h5-8,10-11,13,15,23H,3-4,9,19H2,1-2H3,(H,20,24). The largest absolute Gasteiger partial charge is 0.504 e. The number of nitrogens with zero attached hydrogens (tertiary/aromatic N) is 2. The smallest absolute Gasteiger partial charge is 0.275 e. The normalized spacial score (nSPS) is 15.5. The molecule has 1 aliphatic rings. The first-order chi connectivity index (χ1) is 11.5. The van der Waals surface area contributed by atoms with Crippen LogP contribution in [0, 0.1) is 5.92 Å². The Balaban J connectivity index is 1.77. The van der Waals surface area contributed by atoms with Gasteiger partial charge in [-0.15, -0.1) is 0 Å². The lowest BCUT2D eigenvalue weighted by Crippen LogP contribution is -2.41. The maximum atomic E-state index is 12.4. The predicted molar refractivity (Wildman–Crippen MR) is 92.4 cm³/mol. The molecule has 1 fully saturated rings. The molecule has 0 spiro atoms. The second-order valence-corrected chi connectivity index (χ2v) is 6.71. The summed E-state index contributed by atoms with van der Waals surface area (Å²) in [6, 6.07) is 7.85. The molecule has 6 heteroatoms. The van der Waals surface area contributed by atoms with Crippen molar-refractivity contribution in [1.82, 2.24) is 15.1 Å². The van der Waals surface area contributed by atoms with Crippen molar-refractivity contribution in [2.45, 2.75) is 38.6 Å². The van der Waals surface area contributed by atoms with Crippen LogP contribution in [0.2, 0.25) is 0 Å². The number of nitrogens with two attached hydrogens (primary N) is 1. The molecule has 0 saturated heterocycles. The molecule has 3 rings (SSSR count). The van der Waals surface area contributed by atoms with Crippen molar-refractivity contribution in [1.29, 1.82) is 0 Å². The zero-order valence-corrected chi connectivity index (χ0v) is 14.1. The van der Waals surface area contributed by atoms with E-state index in [0.29, 0.717) is 18.4 Å². The van der Waals surface area contributed by atoms with Crippen molar-refractivity contribution in [3.8, 4) is 11.4 Å². The van der Waals surface area contributed by atoms with Crippen molar-refractivity contribution in [2.24, 2.45) is 11.7 Å². The summed E-state index contributed by atoms with van der Waals surface area (Å²) in [6.45, 7) is 4.66. The van der Waals surface area contributed by atoms with Gasteiger partial charge < -0.3 is 16.2 Å². The first-order valence-corrected chi connectivity index (χ1v) is 8.39. The molecule has 1 aliphatic carbocycles. The van der Waals surface area contributed by atoms with Crippen LogP contribution in [0.5, 0.6) is 5.75 Å². The maximum Gasteiger partial charge on any atom is 0.275 e. The number of benzene rings is 1. The van der Waals surface area contributed by atoms with Gasteiger partial charge in [-0.25, -0.2) is 4.68 Å². The van der Waals surface area contributed by atoms with E-state index in [1.54, 1.807) is 0 Å². The third kappa shape index (κ3) is 3.43. The maximum absolute atomic E-state index is 12.4. The Hall–Kier alpha value is -2.34. The summed E-state index contributed by atoms with van der Waals surface area (Å²) in [7, 11) is 0. The van der Waals surface area contributed by atoms with E-state index in [1.807, 2.05) is 24.3 Å². The van der Waals surface area contributed by atoms with Crippen molar-refractivity contribution >= 4 is 5.91 Å². The first kappa shape index (κ1) is 16.5. The van der Waals surface area contributed by atoms with Crippen molar-refractivity contribution < 1.29 is 9.90 Å². The van der Waals surface area contributed by atoms with Crippen LogP contribution in [-0.2, 0) is 0 Å². The summed E-state index contributed by atoms with van der Waals surface area (Å²) in [6.07, 6.45) is 3.63. The quantitative estimate of drug-likeness (QED) is 0.757. The highest BCUT2D eigenvalue weighted by molar-refractivity contribution is 5.95. The Morgan fingerprint density at radius 2 is 2.04 bits per heavy atom. The molecular formula is C18H24N4O2. The van der Waals surface area contributed by atoms with E-state index >= 15 is 0 Å². The summed E-state index contributed by atoms with van der Waals surface area (Å²) in [5, 5.41) is 17.2. The molecule has 0 aliphatic heterocycles. The molecule has 1 amide bonds. The highest BCUT2D eigenvalue weighted by Crippen LogP contribution is 2.32. The Bertz CT molecular complexity index is 717. The van der Waals surface area contributed by atoms with Gasteiger partial charge >= 0.3 is 0 Å². The zero-order valence-electron chi connectivity index (χ0n) is 14.1. The van der Waals surface area contributed by atoms with Gasteiger partial charge in [0.15, 0.2) is 11.4 Å². The van der Waals surface area contributed by atoms with Gasteiger partial charge in [0.25, 0.3) is 5.91 Å². The lowest BCUT2D eigenvalue weighted by Gasteiger charge is -2.14. The molecular weight excluding hydrogens is 304 g/mol. The fourth-order valence-corrected chi connectivity index (χ4v) is 2.78. The number of amides is 1. The van der Waals surface area contributed by atoms with E-state index in [-0.39, 0.29) is 23.4 Å². The van der Waals surface area contributed by atoms with Crippen molar-refractivity contribution in [3.63, 3.8) is 0 Å². The van der Waals surface area contributed by atoms with E-state index in [4.69, 9.17) is 5.73 Å². The second kappa shape index (κ2) is 6.65. The fraction of sp³-hybridized carbons (Fsp3) is 0.444. The molecule has 1 saturated carbocycles. The Morgan fingerprint density at radius 1 is 1.38 bits per heavy atom. The number of aromatic nitrogens is 2. The summed E-state index contributed by atoms with van der Waals surface area (Å²) < 4.78 is 1.52. The topological polar surface area (TPSA) is 93.2 Å². The van der Waals surface area contributed by atoms with E-state index in [2.05, 4.69) is 24.3 Å². The highest BCUT2D eigenvalue weighted by atomic mass is 16.3. The minimum atomic E-state index is -0.382. The summed E-state index contributed by atoms with van der Waals surface area (Å²) in [4.78, 5) is 12.4. The van der Waals surface area contributed by atoms with Crippen LogP contribution in [0.1, 0.15) is 48.7 Å². The molecule has 1 unspecified atom stereocenters. The Kier molecular flexibility index (Phi) is 4.57. The summed E-state index contributed by atoms with van der Waals surface area (Å²) >= 11 is 0. The second-order valence-electron chi connectivity index (χ2n) is 6.71. The molecule has 4 N–H and O–H groups in total. The molecule has 24 heavy (non-hydrogen) atoms. The van der Waals surface area contributed by atoms with Gasteiger partial charge in [-0.3, -0.25) is 4.79 Å². The third-order valence-electron chi connectivity index (χ3n) is 4.50. The van der Waals surface area contributed by atoms with Crippen LogP contribution in [0.4, 0.5) is 0 Å². The fourth-order valence-electron chi connectivity index (χ4n) is 2.78. The van der Waals surface area contributed by atoms with Crippen LogP contribution in [0.3, 0.4) is 0 Å². The number of carbonyl (C=O) groups is 1. The molecule has 1 heterocycles. The zero-order chi connectivity index (χ0) is 17.3. The molecule has 1 atom stereocenters.